The molecule has 0 radical (unpaired) electrons. The summed E-state index contributed by atoms with van der Waals surface area (Å²) in [5, 5.41) is 6.06. The monoisotopic (exact) mass is 222 g/mol. The number of nitrogens with one attached hydrogen (secondary N) is 1. The fourth-order valence-electron chi connectivity index (χ4n) is 0.959. The zero-order chi connectivity index (χ0) is 12.4. The summed E-state index contributed by atoms with van der Waals surface area (Å²) in [6, 6.07) is 10.1. The van der Waals surface area contributed by atoms with E-state index in [9.17, 15) is 0 Å². The maximum atomic E-state index is 6.06. The summed E-state index contributed by atoms with van der Waals surface area (Å²) in [7, 11) is 0. The van der Waals surface area contributed by atoms with Gasteiger partial charge in [0.15, 0.2) is 11.9 Å². The fraction of sp³-hybridized carbons (Fsp3) is 0.200. The van der Waals surface area contributed by atoms with Gasteiger partial charge >= 0.3 is 0 Å². The molecular formula is C10H18N6. The van der Waals surface area contributed by atoms with Crippen LogP contribution in [-0.2, 0) is 6.42 Å². The predicted molar refractivity (Wildman–Crippen MR) is 66.9 cm³/mol. The Morgan fingerprint density at radius 2 is 1.56 bits per heavy atom. The van der Waals surface area contributed by atoms with Crippen molar-refractivity contribution in [2.24, 2.45) is 27.9 Å². The van der Waals surface area contributed by atoms with Crippen LogP contribution in [0.15, 0.2) is 35.3 Å². The molecule has 0 saturated heterocycles. The highest BCUT2D eigenvalue weighted by Crippen LogP contribution is 1.98. The highest BCUT2D eigenvalue weighted by atomic mass is 15.0. The van der Waals surface area contributed by atoms with E-state index >= 15 is 0 Å². The van der Waals surface area contributed by atoms with Crippen molar-refractivity contribution in [1.29, 1.82) is 5.41 Å². The van der Waals surface area contributed by atoms with Crippen LogP contribution < -0.4 is 22.9 Å². The molecule has 16 heavy (non-hydrogen) atoms. The normalized spacial score (nSPS) is 8.50. The summed E-state index contributed by atoms with van der Waals surface area (Å²) in [5.41, 5.74) is 20.6. The molecule has 0 amide bonds. The third-order valence-corrected chi connectivity index (χ3v) is 1.54. The van der Waals surface area contributed by atoms with E-state index in [4.69, 9.17) is 16.9 Å². The van der Waals surface area contributed by atoms with Crippen molar-refractivity contribution in [3.8, 4) is 0 Å². The van der Waals surface area contributed by atoms with E-state index < -0.39 is 0 Å². The first-order chi connectivity index (χ1) is 7.52. The van der Waals surface area contributed by atoms with E-state index in [0.29, 0.717) is 6.54 Å². The van der Waals surface area contributed by atoms with Crippen molar-refractivity contribution >= 4 is 11.9 Å². The summed E-state index contributed by atoms with van der Waals surface area (Å²) < 4.78 is 0. The molecule has 0 aromatic heterocycles. The Hall–Kier alpha value is -2.24. The van der Waals surface area contributed by atoms with Crippen LogP contribution in [0.2, 0.25) is 0 Å². The fourth-order valence-corrected chi connectivity index (χ4v) is 0.959. The second-order valence-corrected chi connectivity index (χ2v) is 3.00. The van der Waals surface area contributed by atoms with Crippen LogP contribution >= 0.6 is 0 Å². The summed E-state index contributed by atoms with van der Waals surface area (Å²) in [6.07, 6.45) is 0.888. The van der Waals surface area contributed by atoms with Gasteiger partial charge in [-0.3, -0.25) is 10.4 Å². The molecule has 0 aliphatic heterocycles. The first kappa shape index (κ1) is 13.8. The van der Waals surface area contributed by atoms with Gasteiger partial charge in [0.2, 0.25) is 0 Å². The molecular weight excluding hydrogens is 204 g/mol. The minimum absolute atomic E-state index is 0.158. The van der Waals surface area contributed by atoms with E-state index in [1.165, 1.54) is 5.56 Å². The van der Waals surface area contributed by atoms with Crippen LogP contribution in [0.1, 0.15) is 5.56 Å². The number of benzene rings is 1. The van der Waals surface area contributed by atoms with Gasteiger partial charge in [-0.2, -0.15) is 0 Å². The summed E-state index contributed by atoms with van der Waals surface area (Å²) >= 11 is 0. The average molecular weight is 222 g/mol. The molecule has 0 heterocycles. The van der Waals surface area contributed by atoms with Gasteiger partial charge in [-0.25, -0.2) is 0 Å². The molecule has 0 saturated carbocycles. The maximum absolute atomic E-state index is 6.06. The second-order valence-electron chi connectivity index (χ2n) is 3.00. The third-order valence-electron chi connectivity index (χ3n) is 1.54. The van der Waals surface area contributed by atoms with Crippen molar-refractivity contribution in [1.82, 2.24) is 0 Å². The topological polar surface area (TPSA) is 140 Å². The molecule has 1 rings (SSSR count). The molecule has 0 aliphatic carbocycles. The lowest BCUT2D eigenvalue weighted by molar-refractivity contribution is 0.962. The van der Waals surface area contributed by atoms with Gasteiger partial charge in [-0.05, 0) is 12.0 Å². The van der Waals surface area contributed by atoms with Gasteiger partial charge < -0.3 is 22.9 Å². The lowest BCUT2D eigenvalue weighted by atomic mass is 10.2. The lowest BCUT2D eigenvalue weighted by Gasteiger charge is -1.96. The Morgan fingerprint density at radius 3 is 2.00 bits per heavy atom. The van der Waals surface area contributed by atoms with Crippen LogP contribution in [0.3, 0.4) is 0 Å². The summed E-state index contributed by atoms with van der Waals surface area (Å²) in [4.78, 5) is 3.89. The van der Waals surface area contributed by atoms with Gasteiger partial charge in [-0.15, -0.1) is 0 Å². The summed E-state index contributed by atoms with van der Waals surface area (Å²) in [6.45, 7) is 0.659. The molecule has 9 N–H and O–H groups in total. The van der Waals surface area contributed by atoms with Crippen molar-refractivity contribution < 1.29 is 0 Å². The van der Waals surface area contributed by atoms with Crippen molar-refractivity contribution in [2.75, 3.05) is 6.54 Å². The number of hydrogen-bond donors (Lipinski definition) is 5. The Bertz CT molecular complexity index is 324. The van der Waals surface area contributed by atoms with Crippen LogP contribution in [-0.4, -0.2) is 18.5 Å². The standard InChI is InChI=1S/C9H13N3.CH5N3/c10-9(11)12-7-6-8-4-2-1-3-5-8;2-1(3)4/h1-5H,6-7H2,(H4,10,11,12);(H5,2,3,4). The highest BCUT2D eigenvalue weighted by Gasteiger charge is 1.88. The van der Waals surface area contributed by atoms with Gasteiger partial charge in [0.25, 0.3) is 0 Å². The van der Waals surface area contributed by atoms with Crippen LogP contribution in [0.25, 0.3) is 0 Å². The Balaban J connectivity index is 0.000000487. The quantitative estimate of drug-likeness (QED) is 0.342. The van der Waals surface area contributed by atoms with E-state index in [2.05, 4.69) is 28.6 Å². The molecule has 0 aliphatic rings. The molecule has 0 unspecified atom stereocenters. The molecule has 0 bridgehead atoms. The van der Waals surface area contributed by atoms with Gasteiger partial charge in [0.05, 0.1) is 0 Å². The van der Waals surface area contributed by atoms with E-state index in [1.54, 1.807) is 0 Å². The lowest BCUT2D eigenvalue weighted by Crippen LogP contribution is -2.23. The minimum Gasteiger partial charge on any atom is -0.370 e. The van der Waals surface area contributed by atoms with E-state index in [0.717, 1.165) is 6.42 Å². The third kappa shape index (κ3) is 9.85. The largest absolute Gasteiger partial charge is 0.370 e. The number of hydrogen-bond acceptors (Lipinski definition) is 2. The van der Waals surface area contributed by atoms with Gasteiger partial charge in [0.1, 0.15) is 0 Å². The number of guanidine groups is 2. The number of nitrogens with zero attached hydrogens (tertiary/aromatic N) is 1. The molecule has 0 spiro atoms. The molecule has 0 atom stereocenters. The molecule has 1 aromatic carbocycles. The smallest absolute Gasteiger partial charge is 0.185 e. The first-order valence-electron chi connectivity index (χ1n) is 4.71. The van der Waals surface area contributed by atoms with Crippen molar-refractivity contribution in [2.45, 2.75) is 6.42 Å². The number of nitrogens with two attached hydrogens (primary N) is 4. The minimum atomic E-state index is -0.333. The van der Waals surface area contributed by atoms with Gasteiger partial charge in [0, 0.05) is 6.54 Å². The Labute approximate surface area is 94.8 Å². The molecule has 0 fully saturated rings. The van der Waals surface area contributed by atoms with Crippen LogP contribution in [0.5, 0.6) is 0 Å². The van der Waals surface area contributed by atoms with Gasteiger partial charge in [-0.1, -0.05) is 30.3 Å². The molecule has 88 valence electrons. The molecule has 6 heteroatoms. The SMILES string of the molecule is N=C(N)N.NC(N)=NCCc1ccccc1. The zero-order valence-electron chi connectivity index (χ0n) is 9.06. The zero-order valence-corrected chi connectivity index (χ0v) is 9.06. The first-order valence-corrected chi connectivity index (χ1v) is 4.71. The Morgan fingerprint density at radius 1 is 1.06 bits per heavy atom. The number of aliphatic imine (C=N–C) groups is 1. The molecule has 6 nitrogen and oxygen atoms in total. The predicted octanol–water partition coefficient (Wildman–Crippen LogP) is -0.659. The average Bonchev–Trinajstić information content (AvgIpc) is 2.18. The molecule has 1 aromatic rings. The second kappa shape index (κ2) is 8.10. The van der Waals surface area contributed by atoms with Crippen molar-refractivity contribution in [3.05, 3.63) is 35.9 Å². The van der Waals surface area contributed by atoms with Crippen molar-refractivity contribution in [3.63, 3.8) is 0 Å². The van der Waals surface area contributed by atoms with Crippen LogP contribution in [0, 0.1) is 5.41 Å². The van der Waals surface area contributed by atoms with E-state index in [1.807, 2.05) is 18.2 Å². The van der Waals surface area contributed by atoms with Crippen LogP contribution in [0.4, 0.5) is 0 Å². The van der Waals surface area contributed by atoms with E-state index in [-0.39, 0.29) is 11.9 Å². The summed E-state index contributed by atoms with van der Waals surface area (Å²) in [5.74, 6) is -0.175. The number of rotatable bonds is 3. The maximum Gasteiger partial charge on any atom is 0.185 e. The Kier molecular flexibility index (Phi) is 6.97. The highest BCUT2D eigenvalue weighted by molar-refractivity contribution is 5.75.